The highest BCUT2D eigenvalue weighted by atomic mass is 16.6. The third-order valence-corrected chi connectivity index (χ3v) is 3.55. The SMILES string of the molecule is CC(C)(C)C(=O)OCC(=O)[C@H](OC(=O)C(C)(C)C)[C@@H](O)c1ccccc1. The monoisotopic (exact) mass is 364 g/mol. The normalized spacial score (nSPS) is 14.3. The Morgan fingerprint density at radius 2 is 1.42 bits per heavy atom. The zero-order valence-corrected chi connectivity index (χ0v) is 16.2. The van der Waals surface area contributed by atoms with Gasteiger partial charge in [-0.05, 0) is 47.1 Å². The van der Waals surface area contributed by atoms with E-state index in [9.17, 15) is 19.5 Å². The van der Waals surface area contributed by atoms with Crippen LogP contribution in [-0.4, -0.2) is 35.5 Å². The average Bonchev–Trinajstić information content (AvgIpc) is 2.55. The van der Waals surface area contributed by atoms with Gasteiger partial charge in [-0.2, -0.15) is 0 Å². The minimum absolute atomic E-state index is 0.426. The van der Waals surface area contributed by atoms with Crippen molar-refractivity contribution >= 4 is 17.7 Å². The van der Waals surface area contributed by atoms with E-state index in [-0.39, 0.29) is 0 Å². The summed E-state index contributed by atoms with van der Waals surface area (Å²) in [5.74, 6) is -1.87. The van der Waals surface area contributed by atoms with Gasteiger partial charge in [-0.1, -0.05) is 30.3 Å². The molecule has 0 saturated carbocycles. The number of Topliss-reactive ketones (excluding diaryl/α,β-unsaturated/α-hetero) is 1. The van der Waals surface area contributed by atoms with E-state index in [1.807, 2.05) is 0 Å². The Labute approximate surface area is 154 Å². The second-order valence-electron chi connectivity index (χ2n) is 8.22. The first-order valence-electron chi connectivity index (χ1n) is 8.48. The van der Waals surface area contributed by atoms with Crippen molar-refractivity contribution in [3.05, 3.63) is 35.9 Å². The van der Waals surface area contributed by atoms with Crippen LogP contribution >= 0.6 is 0 Å². The molecule has 1 N–H and O–H groups in total. The van der Waals surface area contributed by atoms with Gasteiger partial charge in [-0.3, -0.25) is 14.4 Å². The Kier molecular flexibility index (Phi) is 7.09. The lowest BCUT2D eigenvalue weighted by Crippen LogP contribution is -2.40. The molecule has 0 bridgehead atoms. The van der Waals surface area contributed by atoms with E-state index in [0.717, 1.165) is 0 Å². The third-order valence-electron chi connectivity index (χ3n) is 3.55. The van der Waals surface area contributed by atoms with Crippen LogP contribution < -0.4 is 0 Å². The molecule has 2 atom stereocenters. The molecule has 0 aromatic heterocycles. The average molecular weight is 364 g/mol. The van der Waals surface area contributed by atoms with E-state index >= 15 is 0 Å². The molecule has 0 aliphatic rings. The number of carbonyl (C=O) groups is 3. The lowest BCUT2D eigenvalue weighted by molar-refractivity contribution is -0.173. The van der Waals surface area contributed by atoms with Gasteiger partial charge in [-0.15, -0.1) is 0 Å². The van der Waals surface area contributed by atoms with Crippen LogP contribution in [0.4, 0.5) is 0 Å². The highest BCUT2D eigenvalue weighted by Crippen LogP contribution is 2.24. The molecule has 0 amide bonds. The summed E-state index contributed by atoms with van der Waals surface area (Å²) < 4.78 is 10.3. The van der Waals surface area contributed by atoms with Gasteiger partial charge in [0.25, 0.3) is 0 Å². The molecule has 1 aromatic rings. The van der Waals surface area contributed by atoms with Gasteiger partial charge in [0, 0.05) is 0 Å². The fraction of sp³-hybridized carbons (Fsp3) is 0.550. The van der Waals surface area contributed by atoms with Crippen molar-refractivity contribution in [1.82, 2.24) is 0 Å². The molecule has 6 heteroatoms. The zero-order valence-electron chi connectivity index (χ0n) is 16.2. The molecule has 0 radical (unpaired) electrons. The van der Waals surface area contributed by atoms with Crippen molar-refractivity contribution in [2.75, 3.05) is 6.61 Å². The van der Waals surface area contributed by atoms with Gasteiger partial charge in [-0.25, -0.2) is 0 Å². The number of carbonyl (C=O) groups excluding carboxylic acids is 3. The summed E-state index contributed by atoms with van der Waals surface area (Å²) in [7, 11) is 0. The van der Waals surface area contributed by atoms with Crippen LogP contribution in [0.3, 0.4) is 0 Å². The Bertz CT molecular complexity index is 637. The number of esters is 2. The van der Waals surface area contributed by atoms with Crippen molar-refractivity contribution in [1.29, 1.82) is 0 Å². The minimum Gasteiger partial charge on any atom is -0.457 e. The van der Waals surface area contributed by atoms with Crippen LogP contribution in [0.2, 0.25) is 0 Å². The Balaban J connectivity index is 2.98. The molecule has 144 valence electrons. The van der Waals surface area contributed by atoms with Crippen LogP contribution in [-0.2, 0) is 23.9 Å². The van der Waals surface area contributed by atoms with E-state index in [1.165, 1.54) is 0 Å². The molecular weight excluding hydrogens is 336 g/mol. The number of benzene rings is 1. The largest absolute Gasteiger partial charge is 0.457 e. The second kappa shape index (κ2) is 8.45. The summed E-state index contributed by atoms with van der Waals surface area (Å²) in [6, 6.07) is 8.41. The van der Waals surface area contributed by atoms with Crippen LogP contribution in [0.1, 0.15) is 53.2 Å². The van der Waals surface area contributed by atoms with Crippen LogP contribution in [0.25, 0.3) is 0 Å². The Morgan fingerprint density at radius 3 is 1.88 bits per heavy atom. The smallest absolute Gasteiger partial charge is 0.312 e. The number of aliphatic hydroxyl groups excluding tert-OH is 1. The standard InChI is InChI=1S/C20H28O6/c1-19(2,3)17(23)25-12-14(21)16(26-18(24)20(4,5)6)15(22)13-10-8-7-9-11-13/h7-11,15-16,22H,12H2,1-6H3/t15-,16-/m0/s1. The van der Waals surface area contributed by atoms with Crippen LogP contribution in [0.5, 0.6) is 0 Å². The molecule has 0 spiro atoms. The molecular formula is C20H28O6. The summed E-state index contributed by atoms with van der Waals surface area (Å²) in [6.45, 7) is 9.34. The van der Waals surface area contributed by atoms with Crippen molar-refractivity contribution in [2.45, 2.75) is 53.8 Å². The maximum atomic E-state index is 12.5. The van der Waals surface area contributed by atoms with E-state index in [1.54, 1.807) is 71.9 Å². The molecule has 0 fully saturated rings. The van der Waals surface area contributed by atoms with Crippen LogP contribution in [0, 0.1) is 10.8 Å². The van der Waals surface area contributed by atoms with Crippen molar-refractivity contribution in [3.63, 3.8) is 0 Å². The maximum absolute atomic E-state index is 12.5. The first kappa shape index (κ1) is 21.8. The Morgan fingerprint density at radius 1 is 0.923 bits per heavy atom. The van der Waals surface area contributed by atoms with E-state index in [2.05, 4.69) is 0 Å². The number of hydrogen-bond acceptors (Lipinski definition) is 6. The lowest BCUT2D eigenvalue weighted by atomic mass is 9.96. The predicted molar refractivity (Wildman–Crippen MR) is 96.2 cm³/mol. The lowest BCUT2D eigenvalue weighted by Gasteiger charge is -2.26. The molecule has 1 rings (SSSR count). The highest BCUT2D eigenvalue weighted by molar-refractivity contribution is 5.90. The molecule has 0 aliphatic carbocycles. The summed E-state index contributed by atoms with van der Waals surface area (Å²) in [5.41, 5.74) is -1.19. The van der Waals surface area contributed by atoms with Crippen molar-refractivity contribution in [3.8, 4) is 0 Å². The summed E-state index contributed by atoms with van der Waals surface area (Å²) in [5, 5.41) is 10.6. The summed E-state index contributed by atoms with van der Waals surface area (Å²) >= 11 is 0. The maximum Gasteiger partial charge on any atom is 0.312 e. The zero-order chi connectivity index (χ0) is 20.1. The summed E-state index contributed by atoms with van der Waals surface area (Å²) in [4.78, 5) is 36.6. The van der Waals surface area contributed by atoms with Gasteiger partial charge in [0.05, 0.1) is 10.8 Å². The van der Waals surface area contributed by atoms with Gasteiger partial charge in [0.15, 0.2) is 12.7 Å². The predicted octanol–water partition coefficient (Wildman–Crippen LogP) is 2.84. The van der Waals surface area contributed by atoms with Gasteiger partial charge in [0.1, 0.15) is 6.10 Å². The molecule has 0 saturated heterocycles. The highest BCUT2D eigenvalue weighted by Gasteiger charge is 2.36. The Hall–Kier alpha value is -2.21. The number of ketones is 1. The number of aliphatic hydroxyl groups is 1. The van der Waals surface area contributed by atoms with Crippen molar-refractivity contribution < 1.29 is 29.0 Å². The van der Waals surface area contributed by atoms with Gasteiger partial charge >= 0.3 is 11.9 Å². The topological polar surface area (TPSA) is 89.9 Å². The number of rotatable bonds is 6. The van der Waals surface area contributed by atoms with Crippen LogP contribution in [0.15, 0.2) is 30.3 Å². The van der Waals surface area contributed by atoms with E-state index in [4.69, 9.17) is 9.47 Å². The first-order valence-corrected chi connectivity index (χ1v) is 8.48. The molecule has 26 heavy (non-hydrogen) atoms. The fourth-order valence-electron chi connectivity index (χ4n) is 1.86. The minimum atomic E-state index is -1.46. The molecule has 1 aromatic carbocycles. The van der Waals surface area contributed by atoms with Gasteiger partial charge < -0.3 is 14.6 Å². The second-order valence-corrected chi connectivity index (χ2v) is 8.22. The number of hydrogen-bond donors (Lipinski definition) is 1. The fourth-order valence-corrected chi connectivity index (χ4v) is 1.86. The number of ether oxygens (including phenoxy) is 2. The molecule has 6 nitrogen and oxygen atoms in total. The molecule has 0 heterocycles. The van der Waals surface area contributed by atoms with E-state index in [0.29, 0.717) is 5.56 Å². The molecule has 0 aliphatic heterocycles. The molecule has 0 unspecified atom stereocenters. The summed E-state index contributed by atoms with van der Waals surface area (Å²) in [6.07, 6.45) is -2.82. The van der Waals surface area contributed by atoms with Gasteiger partial charge in [0.2, 0.25) is 5.78 Å². The van der Waals surface area contributed by atoms with Crippen molar-refractivity contribution in [2.24, 2.45) is 10.8 Å². The quantitative estimate of drug-likeness (QED) is 0.781. The first-order chi connectivity index (χ1) is 11.8. The third kappa shape index (κ3) is 6.26. The van der Waals surface area contributed by atoms with E-state index < -0.39 is 47.4 Å².